The van der Waals surface area contributed by atoms with Crippen molar-refractivity contribution in [1.29, 1.82) is 0 Å². The number of hydrogen-bond donors (Lipinski definition) is 1. The second-order valence-corrected chi connectivity index (χ2v) is 5.94. The number of hydrogen-bond acceptors (Lipinski definition) is 7. The monoisotopic (exact) mass is 411 g/mol. The SMILES string of the molecule is CCOC(=O)C(=C\Nc1cc(OC)c(OC)c(OC)c1)/C=C/C(=O)c1ccccc1. The van der Waals surface area contributed by atoms with Crippen LogP contribution in [0.1, 0.15) is 17.3 Å². The van der Waals surface area contributed by atoms with Crippen molar-refractivity contribution >= 4 is 17.4 Å². The number of anilines is 1. The summed E-state index contributed by atoms with van der Waals surface area (Å²) in [5, 5.41) is 3.01. The van der Waals surface area contributed by atoms with E-state index in [-0.39, 0.29) is 18.0 Å². The molecule has 0 heterocycles. The van der Waals surface area contributed by atoms with E-state index in [0.29, 0.717) is 28.5 Å². The molecule has 2 rings (SSSR count). The van der Waals surface area contributed by atoms with E-state index in [9.17, 15) is 9.59 Å². The Kier molecular flexibility index (Phi) is 8.50. The molecule has 0 fully saturated rings. The molecule has 158 valence electrons. The molecule has 0 atom stereocenters. The maximum atomic E-state index is 12.3. The van der Waals surface area contributed by atoms with E-state index in [0.717, 1.165) is 0 Å². The third-order valence-corrected chi connectivity index (χ3v) is 4.04. The number of carbonyl (C=O) groups is 2. The van der Waals surface area contributed by atoms with Gasteiger partial charge in [-0.3, -0.25) is 4.79 Å². The number of esters is 1. The van der Waals surface area contributed by atoms with Crippen molar-refractivity contribution in [2.24, 2.45) is 0 Å². The van der Waals surface area contributed by atoms with Crippen LogP contribution in [-0.4, -0.2) is 39.7 Å². The lowest BCUT2D eigenvalue weighted by Gasteiger charge is -2.14. The molecule has 0 radical (unpaired) electrons. The third-order valence-electron chi connectivity index (χ3n) is 4.04. The lowest BCUT2D eigenvalue weighted by Crippen LogP contribution is -2.08. The first kappa shape index (κ1) is 22.5. The Bertz CT molecular complexity index is 909. The topological polar surface area (TPSA) is 83.1 Å². The molecule has 7 nitrogen and oxygen atoms in total. The Morgan fingerprint density at radius 2 is 1.57 bits per heavy atom. The molecule has 2 aromatic carbocycles. The quantitative estimate of drug-likeness (QED) is 0.274. The van der Waals surface area contributed by atoms with Crippen molar-refractivity contribution in [1.82, 2.24) is 0 Å². The van der Waals surface area contributed by atoms with Gasteiger partial charge in [-0.15, -0.1) is 0 Å². The minimum Gasteiger partial charge on any atom is -0.493 e. The molecule has 7 heteroatoms. The van der Waals surface area contributed by atoms with Crippen LogP contribution in [0.25, 0.3) is 0 Å². The van der Waals surface area contributed by atoms with Gasteiger partial charge in [0.1, 0.15) is 0 Å². The highest BCUT2D eigenvalue weighted by Crippen LogP contribution is 2.39. The number of rotatable bonds is 10. The van der Waals surface area contributed by atoms with Gasteiger partial charge in [0.25, 0.3) is 0 Å². The van der Waals surface area contributed by atoms with E-state index >= 15 is 0 Å². The lowest BCUT2D eigenvalue weighted by atomic mass is 10.1. The number of nitrogens with one attached hydrogen (secondary N) is 1. The maximum absolute atomic E-state index is 12.3. The highest BCUT2D eigenvalue weighted by atomic mass is 16.5. The van der Waals surface area contributed by atoms with Gasteiger partial charge in [-0.1, -0.05) is 30.3 Å². The molecule has 1 N–H and O–H groups in total. The number of benzene rings is 2. The third kappa shape index (κ3) is 5.88. The van der Waals surface area contributed by atoms with Crippen molar-refractivity contribution in [3.8, 4) is 17.2 Å². The Morgan fingerprint density at radius 3 is 2.10 bits per heavy atom. The van der Waals surface area contributed by atoms with Crippen molar-refractivity contribution < 1.29 is 28.5 Å². The molecular formula is C23H25NO6. The molecule has 0 spiro atoms. The van der Waals surface area contributed by atoms with Crippen molar-refractivity contribution in [2.75, 3.05) is 33.3 Å². The summed E-state index contributed by atoms with van der Waals surface area (Å²) < 4.78 is 21.0. The highest BCUT2D eigenvalue weighted by Gasteiger charge is 2.14. The summed E-state index contributed by atoms with van der Waals surface area (Å²) in [5.74, 6) is 0.585. The smallest absolute Gasteiger partial charge is 0.339 e. The Labute approximate surface area is 175 Å². The average Bonchev–Trinajstić information content (AvgIpc) is 2.78. The first-order valence-electron chi connectivity index (χ1n) is 9.25. The van der Waals surface area contributed by atoms with Crippen LogP contribution >= 0.6 is 0 Å². The van der Waals surface area contributed by atoms with Gasteiger partial charge in [-0.2, -0.15) is 0 Å². The number of ketones is 1. The molecule has 0 aliphatic heterocycles. The molecule has 0 saturated carbocycles. The molecule has 0 saturated heterocycles. The van der Waals surface area contributed by atoms with E-state index in [2.05, 4.69) is 5.32 Å². The predicted molar refractivity (Wildman–Crippen MR) is 114 cm³/mol. The zero-order valence-electron chi connectivity index (χ0n) is 17.4. The molecule has 2 aromatic rings. The van der Waals surface area contributed by atoms with Gasteiger partial charge in [0, 0.05) is 29.6 Å². The Hall–Kier alpha value is -3.74. The summed E-state index contributed by atoms with van der Waals surface area (Å²) in [7, 11) is 4.54. The lowest BCUT2D eigenvalue weighted by molar-refractivity contribution is -0.138. The largest absolute Gasteiger partial charge is 0.493 e. The number of allylic oxidation sites excluding steroid dienone is 1. The summed E-state index contributed by atoms with van der Waals surface area (Å²) >= 11 is 0. The highest BCUT2D eigenvalue weighted by molar-refractivity contribution is 6.06. The van der Waals surface area contributed by atoms with Gasteiger partial charge in [-0.25, -0.2) is 4.79 Å². The normalized spacial score (nSPS) is 11.1. The summed E-state index contributed by atoms with van der Waals surface area (Å²) in [4.78, 5) is 24.6. The summed E-state index contributed by atoms with van der Waals surface area (Å²) in [6.45, 7) is 1.92. The van der Waals surface area contributed by atoms with Crippen LogP contribution in [-0.2, 0) is 9.53 Å². The number of carbonyl (C=O) groups excluding carboxylic acids is 2. The molecular weight excluding hydrogens is 386 g/mol. The van der Waals surface area contributed by atoms with E-state index in [1.165, 1.54) is 39.7 Å². The van der Waals surface area contributed by atoms with Crippen LogP contribution in [0.5, 0.6) is 17.2 Å². The summed E-state index contributed by atoms with van der Waals surface area (Å²) in [5.41, 5.74) is 1.29. The zero-order valence-corrected chi connectivity index (χ0v) is 17.4. The van der Waals surface area contributed by atoms with Gasteiger partial charge in [0.15, 0.2) is 17.3 Å². The molecule has 0 bridgehead atoms. The van der Waals surface area contributed by atoms with Crippen LogP contribution in [0.4, 0.5) is 5.69 Å². The fraction of sp³-hybridized carbons (Fsp3) is 0.217. The van der Waals surface area contributed by atoms with Gasteiger partial charge < -0.3 is 24.3 Å². The number of methoxy groups -OCH3 is 3. The van der Waals surface area contributed by atoms with Gasteiger partial charge in [0.05, 0.1) is 33.5 Å². The molecule has 0 aliphatic carbocycles. The Balaban J connectivity index is 2.30. The molecule has 0 amide bonds. The first-order valence-corrected chi connectivity index (χ1v) is 9.25. The maximum Gasteiger partial charge on any atom is 0.339 e. The molecule has 0 aromatic heterocycles. The van der Waals surface area contributed by atoms with E-state index in [1.54, 1.807) is 43.3 Å². The van der Waals surface area contributed by atoms with Crippen molar-refractivity contribution in [2.45, 2.75) is 6.92 Å². The van der Waals surface area contributed by atoms with Crippen LogP contribution in [0.3, 0.4) is 0 Å². The van der Waals surface area contributed by atoms with E-state index in [1.807, 2.05) is 6.07 Å². The second kappa shape index (κ2) is 11.3. The average molecular weight is 411 g/mol. The fourth-order valence-electron chi connectivity index (χ4n) is 2.58. The molecule has 0 unspecified atom stereocenters. The minimum atomic E-state index is -0.561. The van der Waals surface area contributed by atoms with Crippen LogP contribution in [0.15, 0.2) is 66.4 Å². The van der Waals surface area contributed by atoms with E-state index in [4.69, 9.17) is 18.9 Å². The zero-order chi connectivity index (χ0) is 21.9. The standard InChI is InChI=1S/C23H25NO6/c1-5-30-23(26)17(11-12-19(25)16-9-7-6-8-10-16)15-24-18-13-20(27-2)22(29-4)21(14-18)28-3/h6-15,24H,5H2,1-4H3/b12-11+,17-15-. The number of ether oxygens (including phenoxy) is 4. The van der Waals surface area contributed by atoms with Gasteiger partial charge in [-0.05, 0) is 19.1 Å². The first-order chi connectivity index (χ1) is 14.5. The van der Waals surface area contributed by atoms with Gasteiger partial charge >= 0.3 is 5.97 Å². The van der Waals surface area contributed by atoms with Crippen LogP contribution < -0.4 is 19.5 Å². The molecule has 30 heavy (non-hydrogen) atoms. The Morgan fingerprint density at radius 1 is 0.933 bits per heavy atom. The van der Waals surface area contributed by atoms with Crippen LogP contribution in [0.2, 0.25) is 0 Å². The second-order valence-electron chi connectivity index (χ2n) is 5.94. The summed E-state index contributed by atoms with van der Waals surface area (Å²) in [6.07, 6.45) is 4.20. The van der Waals surface area contributed by atoms with Crippen molar-refractivity contribution in [3.05, 3.63) is 72.0 Å². The van der Waals surface area contributed by atoms with E-state index < -0.39 is 5.97 Å². The fourth-order valence-corrected chi connectivity index (χ4v) is 2.58. The minimum absolute atomic E-state index is 0.176. The van der Waals surface area contributed by atoms with Gasteiger partial charge in [0.2, 0.25) is 5.75 Å². The summed E-state index contributed by atoms with van der Waals surface area (Å²) in [6, 6.07) is 12.2. The van der Waals surface area contributed by atoms with Crippen molar-refractivity contribution in [3.63, 3.8) is 0 Å². The predicted octanol–water partition coefficient (Wildman–Crippen LogP) is 4.01. The van der Waals surface area contributed by atoms with Crippen LogP contribution in [0, 0.1) is 0 Å². The molecule has 0 aliphatic rings.